The number of hydrogen-bond acceptors (Lipinski definition) is 3. The Labute approximate surface area is 115 Å². The quantitative estimate of drug-likeness (QED) is 0.573. The summed E-state index contributed by atoms with van der Waals surface area (Å²) >= 11 is 6.60. The number of ether oxygens (including phenoxy) is 2. The molecular weight excluding hydrogens is 250 g/mol. The summed E-state index contributed by atoms with van der Waals surface area (Å²) in [5, 5.41) is 0. The predicted molar refractivity (Wildman–Crippen MR) is 75.7 cm³/mol. The fraction of sp³-hybridized carbons (Fsp3) is 0.714. The molecule has 4 heteroatoms. The van der Waals surface area contributed by atoms with Crippen LogP contribution in [0, 0.1) is 5.92 Å². The lowest BCUT2D eigenvalue weighted by molar-refractivity contribution is 0.104. The van der Waals surface area contributed by atoms with Crippen molar-refractivity contribution in [1.82, 2.24) is 0 Å². The SMILES string of the molecule is COCCOC1=CC=CC(Cl)(CC(N)C(C)C)C1. The van der Waals surface area contributed by atoms with E-state index in [0.29, 0.717) is 25.6 Å². The smallest absolute Gasteiger partial charge is 0.111 e. The van der Waals surface area contributed by atoms with E-state index in [4.69, 9.17) is 26.8 Å². The molecule has 0 saturated carbocycles. The first kappa shape index (κ1) is 15.5. The molecule has 18 heavy (non-hydrogen) atoms. The number of nitrogens with two attached hydrogens (primary N) is 1. The van der Waals surface area contributed by atoms with Gasteiger partial charge in [-0.3, -0.25) is 0 Å². The van der Waals surface area contributed by atoms with Gasteiger partial charge < -0.3 is 15.2 Å². The number of rotatable bonds is 7. The topological polar surface area (TPSA) is 44.5 Å². The molecule has 0 aliphatic heterocycles. The number of hydrogen-bond donors (Lipinski definition) is 1. The first-order chi connectivity index (χ1) is 8.47. The minimum absolute atomic E-state index is 0.102. The van der Waals surface area contributed by atoms with Crippen molar-refractivity contribution in [2.24, 2.45) is 11.7 Å². The Balaban J connectivity index is 2.50. The van der Waals surface area contributed by atoms with E-state index in [1.54, 1.807) is 7.11 Å². The van der Waals surface area contributed by atoms with E-state index in [1.165, 1.54) is 0 Å². The Morgan fingerprint density at radius 3 is 2.78 bits per heavy atom. The molecule has 0 aromatic heterocycles. The van der Waals surface area contributed by atoms with Gasteiger partial charge in [-0.05, 0) is 18.4 Å². The molecule has 0 bridgehead atoms. The molecule has 0 fully saturated rings. The highest BCUT2D eigenvalue weighted by atomic mass is 35.5. The summed E-state index contributed by atoms with van der Waals surface area (Å²) in [5.41, 5.74) is 6.10. The highest BCUT2D eigenvalue weighted by Crippen LogP contribution is 2.35. The molecule has 1 rings (SSSR count). The second-order valence-electron chi connectivity index (χ2n) is 5.16. The van der Waals surface area contributed by atoms with Crippen molar-refractivity contribution in [2.75, 3.05) is 20.3 Å². The summed E-state index contributed by atoms with van der Waals surface area (Å²) < 4.78 is 10.6. The standard InChI is InChI=1S/C14H24ClNO2/c1-11(2)13(16)10-14(15)6-4-5-12(9-14)18-8-7-17-3/h4-6,11,13H,7-10,16H2,1-3H3. The van der Waals surface area contributed by atoms with Crippen LogP contribution in [0.25, 0.3) is 0 Å². The van der Waals surface area contributed by atoms with Crippen molar-refractivity contribution in [3.8, 4) is 0 Å². The van der Waals surface area contributed by atoms with Crippen LogP contribution in [0.15, 0.2) is 24.0 Å². The number of allylic oxidation sites excluding steroid dienone is 4. The molecule has 0 heterocycles. The van der Waals surface area contributed by atoms with Crippen LogP contribution in [0.4, 0.5) is 0 Å². The van der Waals surface area contributed by atoms with Gasteiger partial charge in [-0.1, -0.05) is 26.0 Å². The zero-order valence-corrected chi connectivity index (χ0v) is 12.2. The highest BCUT2D eigenvalue weighted by Gasteiger charge is 2.31. The average molecular weight is 274 g/mol. The zero-order chi connectivity index (χ0) is 13.6. The fourth-order valence-electron chi connectivity index (χ4n) is 1.86. The summed E-state index contributed by atoms with van der Waals surface area (Å²) in [7, 11) is 1.66. The summed E-state index contributed by atoms with van der Waals surface area (Å²) in [6.45, 7) is 5.37. The maximum absolute atomic E-state index is 6.60. The van der Waals surface area contributed by atoms with Crippen LogP contribution in [-0.4, -0.2) is 31.2 Å². The zero-order valence-electron chi connectivity index (χ0n) is 11.5. The van der Waals surface area contributed by atoms with Crippen LogP contribution in [0.2, 0.25) is 0 Å². The second-order valence-corrected chi connectivity index (χ2v) is 5.91. The van der Waals surface area contributed by atoms with Gasteiger partial charge in [-0.15, -0.1) is 11.6 Å². The number of halogens is 1. The van der Waals surface area contributed by atoms with Crippen molar-refractivity contribution in [1.29, 1.82) is 0 Å². The van der Waals surface area contributed by atoms with E-state index in [-0.39, 0.29) is 6.04 Å². The lowest BCUT2D eigenvalue weighted by Gasteiger charge is -2.31. The van der Waals surface area contributed by atoms with Crippen LogP contribution in [0.1, 0.15) is 26.7 Å². The summed E-state index contributed by atoms with van der Waals surface area (Å²) in [6.07, 6.45) is 7.37. The van der Waals surface area contributed by atoms with Crippen LogP contribution < -0.4 is 5.73 Å². The van der Waals surface area contributed by atoms with Gasteiger partial charge in [0, 0.05) is 19.6 Å². The van der Waals surface area contributed by atoms with Gasteiger partial charge in [0.1, 0.15) is 6.61 Å². The molecule has 0 radical (unpaired) electrons. The van der Waals surface area contributed by atoms with Crippen molar-refractivity contribution < 1.29 is 9.47 Å². The van der Waals surface area contributed by atoms with Crippen molar-refractivity contribution in [3.63, 3.8) is 0 Å². The van der Waals surface area contributed by atoms with E-state index in [0.717, 1.165) is 12.2 Å². The normalized spacial score (nSPS) is 25.1. The lowest BCUT2D eigenvalue weighted by atomic mass is 9.87. The Hall–Kier alpha value is -0.510. The van der Waals surface area contributed by atoms with Crippen molar-refractivity contribution in [2.45, 2.75) is 37.6 Å². The Morgan fingerprint density at radius 1 is 1.44 bits per heavy atom. The van der Waals surface area contributed by atoms with Gasteiger partial charge >= 0.3 is 0 Å². The van der Waals surface area contributed by atoms with E-state index in [2.05, 4.69) is 13.8 Å². The van der Waals surface area contributed by atoms with Gasteiger partial charge in [0.2, 0.25) is 0 Å². The highest BCUT2D eigenvalue weighted by molar-refractivity contribution is 6.25. The van der Waals surface area contributed by atoms with Gasteiger partial charge in [-0.2, -0.15) is 0 Å². The molecular formula is C14H24ClNO2. The lowest BCUT2D eigenvalue weighted by Crippen LogP contribution is -2.36. The molecule has 3 nitrogen and oxygen atoms in total. The summed E-state index contributed by atoms with van der Waals surface area (Å²) in [4.78, 5) is -0.416. The molecule has 0 amide bonds. The maximum Gasteiger partial charge on any atom is 0.111 e. The third-order valence-electron chi connectivity index (χ3n) is 3.15. The third-order valence-corrected chi connectivity index (χ3v) is 3.57. The van der Waals surface area contributed by atoms with E-state index in [9.17, 15) is 0 Å². The Bertz CT molecular complexity index is 315. The van der Waals surface area contributed by atoms with Crippen LogP contribution in [0.3, 0.4) is 0 Å². The molecule has 0 spiro atoms. The number of alkyl halides is 1. The Morgan fingerprint density at radius 2 is 2.17 bits per heavy atom. The fourth-order valence-corrected chi connectivity index (χ4v) is 2.24. The average Bonchev–Trinajstić information content (AvgIpc) is 2.28. The molecule has 2 unspecified atom stereocenters. The molecule has 2 atom stereocenters. The first-order valence-electron chi connectivity index (χ1n) is 6.41. The monoisotopic (exact) mass is 273 g/mol. The summed E-state index contributed by atoms with van der Waals surface area (Å²) in [5.74, 6) is 1.33. The minimum Gasteiger partial charge on any atom is -0.495 e. The van der Waals surface area contributed by atoms with Crippen LogP contribution >= 0.6 is 11.6 Å². The summed E-state index contributed by atoms with van der Waals surface area (Å²) in [6, 6.07) is 0.102. The Kier molecular flexibility index (Phi) is 6.19. The van der Waals surface area contributed by atoms with Crippen molar-refractivity contribution in [3.05, 3.63) is 24.0 Å². The van der Waals surface area contributed by atoms with E-state index >= 15 is 0 Å². The van der Waals surface area contributed by atoms with Crippen molar-refractivity contribution >= 4 is 11.6 Å². The first-order valence-corrected chi connectivity index (χ1v) is 6.79. The second kappa shape index (κ2) is 7.17. The molecule has 1 aliphatic rings. The van der Waals surface area contributed by atoms with Crippen LogP contribution in [-0.2, 0) is 9.47 Å². The van der Waals surface area contributed by atoms with Gasteiger partial charge in [0.25, 0.3) is 0 Å². The minimum atomic E-state index is -0.416. The molecule has 1 aliphatic carbocycles. The van der Waals surface area contributed by atoms with Crippen LogP contribution in [0.5, 0.6) is 0 Å². The van der Waals surface area contributed by atoms with Gasteiger partial charge in [0.05, 0.1) is 17.2 Å². The molecule has 0 aromatic rings. The largest absolute Gasteiger partial charge is 0.495 e. The van der Waals surface area contributed by atoms with E-state index < -0.39 is 4.87 Å². The molecule has 2 N–H and O–H groups in total. The predicted octanol–water partition coefficient (Wildman–Crippen LogP) is 2.84. The molecule has 0 aromatic carbocycles. The maximum atomic E-state index is 6.60. The van der Waals surface area contributed by atoms with Gasteiger partial charge in [0.15, 0.2) is 0 Å². The third kappa shape index (κ3) is 5.01. The van der Waals surface area contributed by atoms with Gasteiger partial charge in [-0.25, -0.2) is 0 Å². The van der Waals surface area contributed by atoms with E-state index in [1.807, 2.05) is 18.2 Å². The molecule has 0 saturated heterocycles. The molecule has 104 valence electrons. The number of methoxy groups -OCH3 is 1.